The summed E-state index contributed by atoms with van der Waals surface area (Å²) < 4.78 is 28.1. The zero-order valence-electron chi connectivity index (χ0n) is 16.4. The van der Waals surface area contributed by atoms with Crippen LogP contribution in [0.4, 0.5) is 14.6 Å². The number of fused-ring (bicyclic) bond motifs is 1. The Morgan fingerprint density at radius 1 is 1.25 bits per heavy atom. The molecule has 1 fully saturated rings. The van der Waals surface area contributed by atoms with E-state index in [-0.39, 0.29) is 23.1 Å². The van der Waals surface area contributed by atoms with Gasteiger partial charge in [-0.3, -0.25) is 4.79 Å². The number of carbonyl (C=O) groups is 1. The Morgan fingerprint density at radius 2 is 1.93 bits per heavy atom. The highest BCUT2D eigenvalue weighted by Gasteiger charge is 2.32. The number of nitrogens with zero attached hydrogens (tertiary/aromatic N) is 2. The fraction of sp³-hybridized carbons (Fsp3) is 0.524. The molecule has 1 aliphatic heterocycles. The first-order valence-electron chi connectivity index (χ1n) is 9.82. The molecule has 2 heterocycles. The number of hydrogen-bond donors (Lipinski definition) is 2. The van der Waals surface area contributed by atoms with E-state index < -0.39 is 6.43 Å². The van der Waals surface area contributed by atoms with Crippen LogP contribution in [-0.4, -0.2) is 28.2 Å². The molecule has 3 aliphatic rings. The van der Waals surface area contributed by atoms with Gasteiger partial charge in [-0.25, -0.2) is 13.5 Å². The number of hydrogen-bond acceptors (Lipinski definition) is 3. The van der Waals surface area contributed by atoms with Crippen LogP contribution in [0.1, 0.15) is 56.8 Å². The monoisotopic (exact) mass is 388 g/mol. The second-order valence-corrected chi connectivity index (χ2v) is 8.90. The standard InChI is InChI=1S/C21H26F2N4O/c1-21(2,3)13-6-8-14(9-7-13)25-20(28)15-11-24-27-17(18(22)23)10-16(12-4-5-12)26-19(15)27/h4-5,10-11,13-14,18,26H,6-9H2,1-3H3,(H,25,28). The van der Waals surface area contributed by atoms with E-state index in [0.717, 1.165) is 35.9 Å². The number of allylic oxidation sites excluding steroid dienone is 5. The molecule has 0 spiro atoms. The van der Waals surface area contributed by atoms with Crippen LogP contribution < -0.4 is 10.6 Å². The third-order valence-electron chi connectivity index (χ3n) is 5.96. The molecule has 2 aliphatic carbocycles. The zero-order valence-corrected chi connectivity index (χ0v) is 16.4. The summed E-state index contributed by atoms with van der Waals surface area (Å²) in [7, 11) is 0. The van der Waals surface area contributed by atoms with E-state index in [2.05, 4.69) is 36.5 Å². The number of amides is 1. The Morgan fingerprint density at radius 3 is 2.50 bits per heavy atom. The molecule has 1 saturated carbocycles. The maximum Gasteiger partial charge on any atom is 0.280 e. The Hall–Kier alpha value is -2.44. The first-order valence-corrected chi connectivity index (χ1v) is 9.82. The van der Waals surface area contributed by atoms with E-state index >= 15 is 0 Å². The van der Waals surface area contributed by atoms with Crippen molar-refractivity contribution in [2.45, 2.75) is 58.9 Å². The van der Waals surface area contributed by atoms with Gasteiger partial charge >= 0.3 is 0 Å². The molecule has 28 heavy (non-hydrogen) atoms. The molecule has 150 valence electrons. The highest BCUT2D eigenvalue weighted by molar-refractivity contribution is 6.00. The summed E-state index contributed by atoms with van der Waals surface area (Å²) in [5.74, 6) is 0.691. The van der Waals surface area contributed by atoms with Crippen molar-refractivity contribution in [3.05, 3.63) is 41.3 Å². The molecule has 0 radical (unpaired) electrons. The fourth-order valence-corrected chi connectivity index (χ4v) is 4.10. The van der Waals surface area contributed by atoms with Gasteiger partial charge in [-0.1, -0.05) is 32.9 Å². The van der Waals surface area contributed by atoms with Crippen molar-refractivity contribution in [1.29, 1.82) is 0 Å². The lowest BCUT2D eigenvalue weighted by molar-refractivity contribution is 0.0904. The number of alkyl halides is 2. The second kappa shape index (κ2) is 6.87. The van der Waals surface area contributed by atoms with Crippen LogP contribution in [-0.2, 0) is 0 Å². The summed E-state index contributed by atoms with van der Waals surface area (Å²) in [5.41, 5.74) is 1.78. The van der Waals surface area contributed by atoms with Gasteiger partial charge in [-0.2, -0.15) is 5.10 Å². The van der Waals surface area contributed by atoms with Crippen molar-refractivity contribution in [1.82, 2.24) is 15.1 Å². The van der Waals surface area contributed by atoms with Gasteiger partial charge in [0.25, 0.3) is 12.3 Å². The summed E-state index contributed by atoms with van der Waals surface area (Å²) in [5, 5.41) is 10.2. The zero-order chi connectivity index (χ0) is 20.1. The van der Waals surface area contributed by atoms with Gasteiger partial charge in [0.1, 0.15) is 17.1 Å². The number of aromatic nitrogens is 2. The average molecular weight is 388 g/mol. The molecule has 5 nitrogen and oxygen atoms in total. The van der Waals surface area contributed by atoms with Crippen LogP contribution in [0.5, 0.6) is 0 Å². The highest BCUT2D eigenvalue weighted by atomic mass is 19.3. The Labute approximate surface area is 163 Å². The lowest BCUT2D eigenvalue weighted by atomic mass is 9.71. The summed E-state index contributed by atoms with van der Waals surface area (Å²) in [6.07, 6.45) is 7.77. The van der Waals surface area contributed by atoms with E-state index in [1.807, 2.05) is 12.2 Å². The molecule has 0 aromatic carbocycles. The molecule has 2 N–H and O–H groups in total. The first-order chi connectivity index (χ1) is 13.2. The predicted octanol–water partition coefficient (Wildman–Crippen LogP) is 4.57. The third kappa shape index (κ3) is 3.62. The van der Waals surface area contributed by atoms with Gasteiger partial charge in [0.15, 0.2) is 0 Å². The third-order valence-corrected chi connectivity index (χ3v) is 5.96. The van der Waals surface area contributed by atoms with Crippen LogP contribution in [0.2, 0.25) is 0 Å². The minimum atomic E-state index is -2.68. The van der Waals surface area contributed by atoms with Crippen LogP contribution in [0.3, 0.4) is 0 Å². The quantitative estimate of drug-likeness (QED) is 0.797. The largest absolute Gasteiger partial charge is 0.349 e. The Kier molecular flexibility index (Phi) is 4.63. The normalized spacial score (nSPS) is 24.0. The predicted molar refractivity (Wildman–Crippen MR) is 105 cm³/mol. The maximum absolute atomic E-state index is 13.5. The molecule has 1 aromatic rings. The average Bonchev–Trinajstić information content (AvgIpc) is 3.39. The summed E-state index contributed by atoms with van der Waals surface area (Å²) >= 11 is 0. The summed E-state index contributed by atoms with van der Waals surface area (Å²) in [6, 6.07) is 0.110. The Bertz CT molecular complexity index is 873. The smallest absolute Gasteiger partial charge is 0.280 e. The second-order valence-electron chi connectivity index (χ2n) is 8.90. The number of rotatable bonds is 3. The Balaban J connectivity index is 1.49. The minimum Gasteiger partial charge on any atom is -0.349 e. The molecule has 7 heteroatoms. The van der Waals surface area contributed by atoms with Gasteiger partial charge in [0, 0.05) is 11.7 Å². The van der Waals surface area contributed by atoms with Crippen molar-refractivity contribution >= 4 is 17.4 Å². The molecule has 0 bridgehead atoms. The van der Waals surface area contributed by atoms with Gasteiger partial charge in [0.05, 0.1) is 6.20 Å². The topological polar surface area (TPSA) is 59.0 Å². The van der Waals surface area contributed by atoms with Crippen LogP contribution in [0.15, 0.2) is 35.7 Å². The van der Waals surface area contributed by atoms with E-state index in [1.165, 1.54) is 12.3 Å². The SMILES string of the molecule is CC(C)(C)C1CCC(NC(=O)c2cnn3c2NC(=C2C=C2)C=C3C(F)F)CC1. The molecule has 4 rings (SSSR count). The van der Waals surface area contributed by atoms with Crippen LogP contribution >= 0.6 is 0 Å². The summed E-state index contributed by atoms with van der Waals surface area (Å²) in [6.45, 7) is 6.78. The molecule has 0 unspecified atom stereocenters. The lowest BCUT2D eigenvalue weighted by Gasteiger charge is -2.37. The maximum atomic E-state index is 13.5. The van der Waals surface area contributed by atoms with Crippen LogP contribution in [0.25, 0.3) is 5.70 Å². The summed E-state index contributed by atoms with van der Waals surface area (Å²) in [4.78, 5) is 12.8. The van der Waals surface area contributed by atoms with Gasteiger partial charge in [0.2, 0.25) is 0 Å². The number of carbonyl (C=O) groups excluding carboxylic acids is 1. The number of anilines is 1. The number of nitrogens with one attached hydrogen (secondary N) is 2. The van der Waals surface area contributed by atoms with Crippen LogP contribution in [0, 0.1) is 11.3 Å². The van der Waals surface area contributed by atoms with E-state index in [1.54, 1.807) is 0 Å². The molecule has 0 saturated heterocycles. The van der Waals surface area contributed by atoms with E-state index in [4.69, 9.17) is 0 Å². The van der Waals surface area contributed by atoms with Crippen molar-refractivity contribution in [2.24, 2.45) is 11.3 Å². The van der Waals surface area contributed by atoms with Gasteiger partial charge in [-0.05, 0) is 48.7 Å². The number of halogens is 2. The van der Waals surface area contributed by atoms with E-state index in [9.17, 15) is 13.6 Å². The van der Waals surface area contributed by atoms with Gasteiger partial charge in [-0.15, -0.1) is 0 Å². The molecule has 1 aromatic heterocycles. The fourth-order valence-electron chi connectivity index (χ4n) is 4.10. The van der Waals surface area contributed by atoms with E-state index in [0.29, 0.717) is 23.0 Å². The van der Waals surface area contributed by atoms with Crippen molar-refractivity contribution in [2.75, 3.05) is 5.32 Å². The van der Waals surface area contributed by atoms with Crippen molar-refractivity contribution in [3.8, 4) is 0 Å². The molecular weight excluding hydrogens is 362 g/mol. The van der Waals surface area contributed by atoms with Crippen molar-refractivity contribution in [3.63, 3.8) is 0 Å². The highest BCUT2D eigenvalue weighted by Crippen LogP contribution is 2.38. The van der Waals surface area contributed by atoms with Gasteiger partial charge < -0.3 is 10.6 Å². The lowest BCUT2D eigenvalue weighted by Crippen LogP contribution is -2.39. The molecule has 1 amide bonds. The minimum absolute atomic E-state index is 0.110. The van der Waals surface area contributed by atoms with Crippen molar-refractivity contribution < 1.29 is 13.6 Å². The molecule has 0 atom stereocenters. The molecular formula is C21H26F2N4O. The first kappa shape index (κ1) is 18.9.